The van der Waals surface area contributed by atoms with E-state index in [1.807, 2.05) is 6.07 Å². The molecule has 0 saturated carbocycles. The summed E-state index contributed by atoms with van der Waals surface area (Å²) in [7, 11) is 0. The lowest BCUT2D eigenvalue weighted by molar-refractivity contribution is 0.208. The summed E-state index contributed by atoms with van der Waals surface area (Å²) >= 11 is 5.86. The van der Waals surface area contributed by atoms with Gasteiger partial charge in [-0.1, -0.05) is 30.1 Å². The van der Waals surface area contributed by atoms with E-state index < -0.39 is 0 Å². The van der Waals surface area contributed by atoms with Gasteiger partial charge >= 0.3 is 0 Å². The molecule has 2 aromatic rings. The molecular weight excluding hydrogens is 288 g/mol. The van der Waals surface area contributed by atoms with Crippen molar-refractivity contribution in [3.05, 3.63) is 29.2 Å². The van der Waals surface area contributed by atoms with Crippen molar-refractivity contribution >= 4 is 11.6 Å². The van der Waals surface area contributed by atoms with Gasteiger partial charge in [-0.2, -0.15) is 4.98 Å². The number of rotatable bonds is 4. The minimum atomic E-state index is 0.0116. The number of halogens is 1. The predicted octanol–water partition coefficient (Wildman–Crippen LogP) is 3.21. The van der Waals surface area contributed by atoms with Gasteiger partial charge in [0.25, 0.3) is 0 Å². The van der Waals surface area contributed by atoms with Gasteiger partial charge in [0.2, 0.25) is 11.7 Å². The standard InChI is InChI=1S/C15H19ClN4O/c1-2-5-15(6-8-17-9-7-15)14-19-13(20-21-14)12-4-3-11(16)10-18-12/h3-4,10,17H,2,5-9H2,1H3. The highest BCUT2D eigenvalue weighted by molar-refractivity contribution is 6.30. The molecule has 5 nitrogen and oxygen atoms in total. The number of nitrogens with zero attached hydrogens (tertiary/aromatic N) is 3. The summed E-state index contributed by atoms with van der Waals surface area (Å²) < 4.78 is 5.58. The highest BCUT2D eigenvalue weighted by Gasteiger charge is 2.38. The van der Waals surface area contributed by atoms with E-state index in [1.165, 1.54) is 0 Å². The van der Waals surface area contributed by atoms with Gasteiger partial charge in [0.15, 0.2) is 0 Å². The summed E-state index contributed by atoms with van der Waals surface area (Å²) in [5.74, 6) is 1.29. The van der Waals surface area contributed by atoms with Crippen LogP contribution in [-0.4, -0.2) is 28.2 Å². The molecule has 0 bridgehead atoms. The Morgan fingerprint density at radius 1 is 1.33 bits per heavy atom. The van der Waals surface area contributed by atoms with Crippen LogP contribution < -0.4 is 5.32 Å². The van der Waals surface area contributed by atoms with Crippen LogP contribution in [0.3, 0.4) is 0 Å². The third-order valence-electron chi connectivity index (χ3n) is 4.13. The topological polar surface area (TPSA) is 63.8 Å². The van der Waals surface area contributed by atoms with Crippen LogP contribution in [-0.2, 0) is 5.41 Å². The molecule has 3 rings (SSSR count). The van der Waals surface area contributed by atoms with E-state index in [4.69, 9.17) is 16.1 Å². The molecule has 2 aromatic heterocycles. The summed E-state index contributed by atoms with van der Waals surface area (Å²) in [5.41, 5.74) is 0.701. The molecule has 6 heteroatoms. The van der Waals surface area contributed by atoms with Gasteiger partial charge in [0, 0.05) is 6.20 Å². The highest BCUT2D eigenvalue weighted by Crippen LogP contribution is 2.37. The van der Waals surface area contributed by atoms with Crippen molar-refractivity contribution in [3.8, 4) is 11.5 Å². The van der Waals surface area contributed by atoms with E-state index in [2.05, 4.69) is 27.4 Å². The number of pyridine rings is 1. The van der Waals surface area contributed by atoms with Crippen LogP contribution in [0.2, 0.25) is 5.02 Å². The third-order valence-corrected chi connectivity index (χ3v) is 4.35. The van der Waals surface area contributed by atoms with Crippen molar-refractivity contribution in [1.29, 1.82) is 0 Å². The third kappa shape index (κ3) is 2.94. The number of nitrogens with one attached hydrogen (secondary N) is 1. The molecule has 0 atom stereocenters. The van der Waals surface area contributed by atoms with E-state index in [0.717, 1.165) is 44.7 Å². The minimum Gasteiger partial charge on any atom is -0.338 e. The second-order valence-electron chi connectivity index (χ2n) is 5.57. The molecule has 1 aliphatic rings. The van der Waals surface area contributed by atoms with Crippen molar-refractivity contribution in [1.82, 2.24) is 20.4 Å². The van der Waals surface area contributed by atoms with Crippen LogP contribution >= 0.6 is 11.6 Å². The Labute approximate surface area is 129 Å². The fourth-order valence-electron chi connectivity index (χ4n) is 3.01. The zero-order valence-electron chi connectivity index (χ0n) is 12.1. The van der Waals surface area contributed by atoms with Crippen molar-refractivity contribution in [2.75, 3.05) is 13.1 Å². The molecule has 0 radical (unpaired) electrons. The van der Waals surface area contributed by atoms with Gasteiger partial charge in [-0.3, -0.25) is 4.98 Å². The lowest BCUT2D eigenvalue weighted by Gasteiger charge is -2.34. The normalized spacial score (nSPS) is 17.8. The SMILES string of the molecule is CCCC1(c2nc(-c3ccc(Cl)cn3)no2)CCNCC1. The van der Waals surface area contributed by atoms with Gasteiger partial charge in [-0.05, 0) is 44.5 Å². The molecule has 112 valence electrons. The Morgan fingerprint density at radius 2 is 2.14 bits per heavy atom. The maximum Gasteiger partial charge on any atom is 0.233 e. The van der Waals surface area contributed by atoms with Gasteiger partial charge < -0.3 is 9.84 Å². The number of hydrogen-bond acceptors (Lipinski definition) is 5. The molecule has 1 fully saturated rings. The smallest absolute Gasteiger partial charge is 0.233 e. The summed E-state index contributed by atoms with van der Waals surface area (Å²) in [6.45, 7) is 4.19. The quantitative estimate of drug-likeness (QED) is 0.939. The Hall–Kier alpha value is -1.46. The van der Waals surface area contributed by atoms with E-state index >= 15 is 0 Å². The molecular formula is C15H19ClN4O. The molecule has 0 unspecified atom stereocenters. The number of piperidine rings is 1. The fraction of sp³-hybridized carbons (Fsp3) is 0.533. The van der Waals surface area contributed by atoms with Crippen molar-refractivity contribution in [3.63, 3.8) is 0 Å². The Kier molecular flexibility index (Phi) is 4.22. The molecule has 0 aromatic carbocycles. The molecule has 1 aliphatic heterocycles. The first-order chi connectivity index (χ1) is 10.2. The van der Waals surface area contributed by atoms with Crippen molar-refractivity contribution in [2.24, 2.45) is 0 Å². The molecule has 0 amide bonds. The first-order valence-corrected chi connectivity index (χ1v) is 7.78. The lowest BCUT2D eigenvalue weighted by Crippen LogP contribution is -2.40. The molecule has 3 heterocycles. The Balaban J connectivity index is 1.90. The zero-order valence-corrected chi connectivity index (χ0v) is 12.9. The Morgan fingerprint density at radius 3 is 2.81 bits per heavy atom. The second kappa shape index (κ2) is 6.12. The summed E-state index contributed by atoms with van der Waals surface area (Å²) in [5, 5.41) is 8.10. The molecule has 0 spiro atoms. The first-order valence-electron chi connectivity index (χ1n) is 7.40. The van der Waals surface area contributed by atoms with Crippen LogP contribution in [0.25, 0.3) is 11.5 Å². The van der Waals surface area contributed by atoms with Crippen molar-refractivity contribution < 1.29 is 4.52 Å². The fourth-order valence-corrected chi connectivity index (χ4v) is 3.12. The maximum atomic E-state index is 5.86. The molecule has 21 heavy (non-hydrogen) atoms. The highest BCUT2D eigenvalue weighted by atomic mass is 35.5. The zero-order chi connectivity index (χ0) is 14.7. The van der Waals surface area contributed by atoms with E-state index in [0.29, 0.717) is 16.5 Å². The number of aromatic nitrogens is 3. The van der Waals surface area contributed by atoms with Gasteiger partial charge in [0.05, 0.1) is 10.4 Å². The summed E-state index contributed by atoms with van der Waals surface area (Å²) in [6, 6.07) is 3.60. The predicted molar refractivity (Wildman–Crippen MR) is 81.2 cm³/mol. The maximum absolute atomic E-state index is 5.86. The first kappa shape index (κ1) is 14.5. The summed E-state index contributed by atoms with van der Waals surface area (Å²) in [6.07, 6.45) is 5.85. The molecule has 1 saturated heterocycles. The van der Waals surface area contributed by atoms with Crippen LogP contribution in [0.15, 0.2) is 22.9 Å². The van der Waals surface area contributed by atoms with Crippen LogP contribution in [0, 0.1) is 0 Å². The van der Waals surface area contributed by atoms with Crippen LogP contribution in [0.1, 0.15) is 38.5 Å². The van der Waals surface area contributed by atoms with E-state index in [9.17, 15) is 0 Å². The van der Waals surface area contributed by atoms with Gasteiger partial charge in [0.1, 0.15) is 5.69 Å². The second-order valence-corrected chi connectivity index (χ2v) is 6.00. The van der Waals surface area contributed by atoms with E-state index in [-0.39, 0.29) is 5.41 Å². The average Bonchev–Trinajstić information content (AvgIpc) is 3.00. The minimum absolute atomic E-state index is 0.0116. The Bertz CT molecular complexity index is 584. The van der Waals surface area contributed by atoms with Crippen LogP contribution in [0.4, 0.5) is 0 Å². The van der Waals surface area contributed by atoms with Crippen LogP contribution in [0.5, 0.6) is 0 Å². The summed E-state index contributed by atoms with van der Waals surface area (Å²) in [4.78, 5) is 8.86. The monoisotopic (exact) mass is 306 g/mol. The average molecular weight is 307 g/mol. The molecule has 0 aliphatic carbocycles. The number of hydrogen-bond donors (Lipinski definition) is 1. The van der Waals surface area contributed by atoms with Crippen molar-refractivity contribution in [2.45, 2.75) is 38.0 Å². The largest absolute Gasteiger partial charge is 0.338 e. The molecule has 1 N–H and O–H groups in total. The van der Waals surface area contributed by atoms with E-state index in [1.54, 1.807) is 12.3 Å². The van der Waals surface area contributed by atoms with Gasteiger partial charge in [-0.25, -0.2) is 0 Å². The van der Waals surface area contributed by atoms with Gasteiger partial charge in [-0.15, -0.1) is 0 Å². The lowest BCUT2D eigenvalue weighted by atomic mass is 9.75.